The van der Waals surface area contributed by atoms with Crippen molar-refractivity contribution < 1.29 is 4.74 Å². The van der Waals surface area contributed by atoms with Crippen molar-refractivity contribution in [3.63, 3.8) is 0 Å². The van der Waals surface area contributed by atoms with Gasteiger partial charge in [0.1, 0.15) is 12.4 Å². The molecule has 2 aromatic heterocycles. The summed E-state index contributed by atoms with van der Waals surface area (Å²) in [5.41, 5.74) is 9.96. The van der Waals surface area contributed by atoms with Gasteiger partial charge in [0.15, 0.2) is 0 Å². The van der Waals surface area contributed by atoms with Crippen LogP contribution >= 0.6 is 11.3 Å². The topological polar surface area (TPSA) is 51.0 Å². The fourth-order valence-corrected chi connectivity index (χ4v) is 2.65. The van der Waals surface area contributed by atoms with Crippen LogP contribution in [0.5, 0.6) is 5.75 Å². The van der Waals surface area contributed by atoms with Gasteiger partial charge in [0.2, 0.25) is 0 Å². The van der Waals surface area contributed by atoms with Crippen molar-refractivity contribution in [2.75, 3.05) is 5.73 Å². The number of aryl methyl sites for hydroxylation is 1. The zero-order valence-corrected chi connectivity index (χ0v) is 10.9. The lowest BCUT2D eigenvalue weighted by Crippen LogP contribution is -1.94. The standard InChI is InChI=1S/C14H14N2OS/c1-9-13(15)11-3-2-4-12(14(11)16-9)17-7-10-5-6-18-8-10/h2-6,8,16H,7,15H2,1H3. The van der Waals surface area contributed by atoms with E-state index in [1.807, 2.05) is 25.1 Å². The van der Waals surface area contributed by atoms with E-state index < -0.39 is 0 Å². The van der Waals surface area contributed by atoms with E-state index >= 15 is 0 Å². The molecule has 0 radical (unpaired) electrons. The highest BCUT2D eigenvalue weighted by molar-refractivity contribution is 7.07. The van der Waals surface area contributed by atoms with Crippen molar-refractivity contribution in [2.45, 2.75) is 13.5 Å². The van der Waals surface area contributed by atoms with Gasteiger partial charge in [0, 0.05) is 11.1 Å². The molecule has 0 unspecified atom stereocenters. The van der Waals surface area contributed by atoms with Gasteiger partial charge in [-0.3, -0.25) is 0 Å². The number of aromatic nitrogens is 1. The van der Waals surface area contributed by atoms with Crippen LogP contribution in [0.15, 0.2) is 35.0 Å². The maximum Gasteiger partial charge on any atom is 0.143 e. The second-order valence-electron chi connectivity index (χ2n) is 4.26. The highest BCUT2D eigenvalue weighted by Gasteiger charge is 2.09. The summed E-state index contributed by atoms with van der Waals surface area (Å²) in [7, 11) is 0. The van der Waals surface area contributed by atoms with Crippen molar-refractivity contribution in [1.82, 2.24) is 4.98 Å². The van der Waals surface area contributed by atoms with E-state index in [2.05, 4.69) is 21.8 Å². The number of nitrogens with one attached hydrogen (secondary N) is 1. The first-order valence-corrected chi connectivity index (χ1v) is 6.70. The van der Waals surface area contributed by atoms with Crippen LogP contribution in [0.1, 0.15) is 11.3 Å². The van der Waals surface area contributed by atoms with Crippen molar-refractivity contribution in [1.29, 1.82) is 0 Å². The summed E-state index contributed by atoms with van der Waals surface area (Å²) in [6.07, 6.45) is 0. The number of ether oxygens (including phenoxy) is 1. The minimum Gasteiger partial charge on any atom is -0.487 e. The molecule has 0 amide bonds. The molecule has 0 fully saturated rings. The van der Waals surface area contributed by atoms with Gasteiger partial charge in [0.25, 0.3) is 0 Å². The fraction of sp³-hybridized carbons (Fsp3) is 0.143. The third-order valence-corrected chi connectivity index (χ3v) is 3.74. The van der Waals surface area contributed by atoms with E-state index in [1.54, 1.807) is 11.3 Å². The minimum atomic E-state index is 0.584. The predicted molar refractivity (Wildman–Crippen MR) is 76.1 cm³/mol. The fourth-order valence-electron chi connectivity index (χ4n) is 2.00. The van der Waals surface area contributed by atoms with E-state index in [4.69, 9.17) is 10.5 Å². The molecule has 3 aromatic rings. The number of aromatic amines is 1. The number of anilines is 1. The smallest absolute Gasteiger partial charge is 0.143 e. The molecule has 0 aliphatic carbocycles. The summed E-state index contributed by atoms with van der Waals surface area (Å²) >= 11 is 1.68. The third-order valence-electron chi connectivity index (χ3n) is 3.01. The molecule has 0 saturated heterocycles. The number of fused-ring (bicyclic) bond motifs is 1. The van der Waals surface area contributed by atoms with Gasteiger partial charge in [-0.2, -0.15) is 11.3 Å². The normalized spacial score (nSPS) is 10.9. The molecule has 0 aliphatic rings. The van der Waals surface area contributed by atoms with Crippen LogP contribution in [0.4, 0.5) is 5.69 Å². The Morgan fingerprint density at radius 1 is 1.33 bits per heavy atom. The average Bonchev–Trinajstić information content (AvgIpc) is 2.98. The first-order valence-electron chi connectivity index (χ1n) is 5.76. The van der Waals surface area contributed by atoms with Crippen LogP contribution in [0.25, 0.3) is 10.9 Å². The van der Waals surface area contributed by atoms with Crippen LogP contribution in [0.3, 0.4) is 0 Å². The minimum absolute atomic E-state index is 0.584. The first-order chi connectivity index (χ1) is 8.75. The summed E-state index contributed by atoms with van der Waals surface area (Å²) in [6, 6.07) is 8.00. The highest BCUT2D eigenvalue weighted by atomic mass is 32.1. The van der Waals surface area contributed by atoms with Crippen LogP contribution in [0, 0.1) is 6.92 Å². The van der Waals surface area contributed by atoms with E-state index in [0.717, 1.165) is 28.0 Å². The summed E-state index contributed by atoms with van der Waals surface area (Å²) in [6.45, 7) is 2.55. The van der Waals surface area contributed by atoms with Crippen LogP contribution in [-0.4, -0.2) is 4.98 Å². The highest BCUT2D eigenvalue weighted by Crippen LogP contribution is 2.31. The molecular formula is C14H14N2OS. The zero-order valence-electron chi connectivity index (χ0n) is 10.1. The van der Waals surface area contributed by atoms with Gasteiger partial charge >= 0.3 is 0 Å². The van der Waals surface area contributed by atoms with Gasteiger partial charge in [-0.15, -0.1) is 0 Å². The molecule has 2 heterocycles. The van der Waals surface area contributed by atoms with Gasteiger partial charge in [0.05, 0.1) is 11.2 Å². The second-order valence-corrected chi connectivity index (χ2v) is 5.04. The number of nitrogen functional groups attached to an aromatic ring is 1. The van der Waals surface area contributed by atoms with Crippen LogP contribution < -0.4 is 10.5 Å². The van der Waals surface area contributed by atoms with Gasteiger partial charge in [-0.25, -0.2) is 0 Å². The Balaban J connectivity index is 1.94. The molecule has 0 saturated carbocycles. The number of nitrogens with two attached hydrogens (primary N) is 1. The molecule has 0 bridgehead atoms. The molecule has 0 atom stereocenters. The van der Waals surface area contributed by atoms with Crippen molar-refractivity contribution >= 4 is 27.9 Å². The van der Waals surface area contributed by atoms with E-state index in [0.29, 0.717) is 6.61 Å². The average molecular weight is 258 g/mol. The van der Waals surface area contributed by atoms with Crippen LogP contribution in [0.2, 0.25) is 0 Å². The molecule has 4 heteroatoms. The predicted octanol–water partition coefficient (Wildman–Crippen LogP) is 3.70. The Bertz CT molecular complexity index is 670. The van der Waals surface area contributed by atoms with E-state index in [9.17, 15) is 0 Å². The summed E-state index contributed by atoms with van der Waals surface area (Å²) in [5.74, 6) is 0.846. The molecule has 0 spiro atoms. The number of thiophene rings is 1. The number of benzene rings is 1. The molecule has 18 heavy (non-hydrogen) atoms. The Kier molecular flexibility index (Phi) is 2.72. The Morgan fingerprint density at radius 2 is 2.22 bits per heavy atom. The molecule has 3 rings (SSSR count). The molecule has 3 nitrogen and oxygen atoms in total. The molecule has 92 valence electrons. The monoisotopic (exact) mass is 258 g/mol. The van der Waals surface area contributed by atoms with Crippen LogP contribution in [-0.2, 0) is 6.61 Å². The number of para-hydroxylation sites is 1. The van der Waals surface area contributed by atoms with Gasteiger partial charge < -0.3 is 15.5 Å². The van der Waals surface area contributed by atoms with Crippen molar-refractivity contribution in [3.05, 3.63) is 46.3 Å². The molecule has 3 N–H and O–H groups in total. The third kappa shape index (κ3) is 1.84. The lowest BCUT2D eigenvalue weighted by atomic mass is 10.2. The molecule has 0 aliphatic heterocycles. The Hall–Kier alpha value is -1.94. The SMILES string of the molecule is Cc1[nH]c2c(OCc3ccsc3)cccc2c1N. The summed E-state index contributed by atoms with van der Waals surface area (Å²) in [4.78, 5) is 3.28. The maximum absolute atomic E-state index is 6.01. The van der Waals surface area contributed by atoms with Crippen molar-refractivity contribution in [2.24, 2.45) is 0 Å². The maximum atomic E-state index is 6.01. The van der Waals surface area contributed by atoms with E-state index in [-0.39, 0.29) is 0 Å². The first kappa shape index (κ1) is 11.2. The van der Waals surface area contributed by atoms with Gasteiger partial charge in [-0.05, 0) is 35.4 Å². The Labute approximate surface area is 109 Å². The quantitative estimate of drug-likeness (QED) is 0.752. The summed E-state index contributed by atoms with van der Waals surface area (Å²) < 4.78 is 5.85. The lowest BCUT2D eigenvalue weighted by Gasteiger charge is -2.06. The zero-order chi connectivity index (χ0) is 12.5. The number of hydrogen-bond donors (Lipinski definition) is 2. The number of hydrogen-bond acceptors (Lipinski definition) is 3. The van der Waals surface area contributed by atoms with Gasteiger partial charge in [-0.1, -0.05) is 12.1 Å². The second kappa shape index (κ2) is 4.38. The largest absolute Gasteiger partial charge is 0.487 e. The molecule has 1 aromatic carbocycles. The Morgan fingerprint density at radius 3 is 3.00 bits per heavy atom. The summed E-state index contributed by atoms with van der Waals surface area (Å²) in [5, 5.41) is 5.17. The lowest BCUT2D eigenvalue weighted by molar-refractivity contribution is 0.310. The molecular weight excluding hydrogens is 244 g/mol. The number of H-pyrrole nitrogens is 1. The van der Waals surface area contributed by atoms with E-state index in [1.165, 1.54) is 5.56 Å². The number of rotatable bonds is 3. The van der Waals surface area contributed by atoms with Crippen molar-refractivity contribution in [3.8, 4) is 5.75 Å².